The molecule has 1 aromatic rings. The standard InChI is InChI=1S/C16H21BrN2O2/c1-2-8-21-16(4-3-5-16)13-11-15(18-12-14(13)17)19-6-9-20-10-7-19/h2,11-12H,1,3-10H2. The summed E-state index contributed by atoms with van der Waals surface area (Å²) in [7, 11) is 0. The van der Waals surface area contributed by atoms with Crippen molar-refractivity contribution in [1.29, 1.82) is 0 Å². The summed E-state index contributed by atoms with van der Waals surface area (Å²) in [5.74, 6) is 1.02. The lowest BCUT2D eigenvalue weighted by Crippen LogP contribution is -2.39. The second-order valence-corrected chi connectivity index (χ2v) is 6.42. The zero-order valence-corrected chi connectivity index (χ0v) is 13.8. The SMILES string of the molecule is C=CCOC1(c2cc(N3CCOCC3)ncc2Br)CCC1. The maximum atomic E-state index is 6.10. The topological polar surface area (TPSA) is 34.6 Å². The van der Waals surface area contributed by atoms with Crippen molar-refractivity contribution in [2.24, 2.45) is 0 Å². The van der Waals surface area contributed by atoms with Gasteiger partial charge >= 0.3 is 0 Å². The minimum absolute atomic E-state index is 0.170. The third kappa shape index (κ3) is 3.00. The van der Waals surface area contributed by atoms with Crippen LogP contribution in [0.2, 0.25) is 0 Å². The van der Waals surface area contributed by atoms with Gasteiger partial charge in [-0.2, -0.15) is 0 Å². The van der Waals surface area contributed by atoms with Gasteiger partial charge in [0.1, 0.15) is 5.82 Å². The molecule has 0 atom stereocenters. The fourth-order valence-electron chi connectivity index (χ4n) is 2.95. The van der Waals surface area contributed by atoms with Gasteiger partial charge in [0.25, 0.3) is 0 Å². The first-order chi connectivity index (χ1) is 10.2. The number of halogens is 1. The molecule has 1 aliphatic carbocycles. The molecule has 21 heavy (non-hydrogen) atoms. The molecule has 114 valence electrons. The van der Waals surface area contributed by atoms with E-state index in [-0.39, 0.29) is 5.60 Å². The van der Waals surface area contributed by atoms with Crippen LogP contribution in [-0.2, 0) is 15.1 Å². The third-order valence-corrected chi connectivity index (χ3v) is 4.94. The molecular weight excluding hydrogens is 332 g/mol. The Morgan fingerprint density at radius 2 is 2.19 bits per heavy atom. The average Bonchev–Trinajstić information content (AvgIpc) is 2.49. The van der Waals surface area contributed by atoms with E-state index in [2.05, 4.69) is 38.5 Å². The Hall–Kier alpha value is -0.910. The van der Waals surface area contributed by atoms with Gasteiger partial charge in [0.15, 0.2) is 0 Å². The lowest BCUT2D eigenvalue weighted by Gasteiger charge is -2.43. The smallest absolute Gasteiger partial charge is 0.129 e. The van der Waals surface area contributed by atoms with E-state index >= 15 is 0 Å². The van der Waals surface area contributed by atoms with E-state index in [1.54, 1.807) is 0 Å². The molecule has 1 aromatic heterocycles. The summed E-state index contributed by atoms with van der Waals surface area (Å²) in [6.45, 7) is 7.68. The quantitative estimate of drug-likeness (QED) is 0.761. The molecule has 2 fully saturated rings. The Bertz CT molecular complexity index is 511. The monoisotopic (exact) mass is 352 g/mol. The van der Waals surface area contributed by atoms with Crippen LogP contribution in [0.4, 0.5) is 5.82 Å². The molecule has 1 saturated carbocycles. The molecule has 2 aliphatic rings. The van der Waals surface area contributed by atoms with Gasteiger partial charge in [-0.1, -0.05) is 6.08 Å². The fourth-order valence-corrected chi connectivity index (χ4v) is 3.53. The second-order valence-electron chi connectivity index (χ2n) is 5.57. The Morgan fingerprint density at radius 3 is 2.81 bits per heavy atom. The molecule has 0 spiro atoms. The zero-order valence-electron chi connectivity index (χ0n) is 12.2. The van der Waals surface area contributed by atoms with E-state index in [0.29, 0.717) is 6.61 Å². The van der Waals surface area contributed by atoms with Crippen molar-refractivity contribution >= 4 is 21.7 Å². The van der Waals surface area contributed by atoms with E-state index < -0.39 is 0 Å². The number of hydrogen-bond donors (Lipinski definition) is 0. The molecule has 0 radical (unpaired) electrons. The van der Waals surface area contributed by atoms with Crippen molar-refractivity contribution in [3.63, 3.8) is 0 Å². The average molecular weight is 353 g/mol. The molecule has 4 nitrogen and oxygen atoms in total. The highest BCUT2D eigenvalue weighted by molar-refractivity contribution is 9.10. The Labute approximate surface area is 134 Å². The Kier molecular flexibility index (Phi) is 4.62. The molecule has 0 aromatic carbocycles. The molecule has 3 rings (SSSR count). The van der Waals surface area contributed by atoms with Gasteiger partial charge in [-0.15, -0.1) is 6.58 Å². The van der Waals surface area contributed by atoms with Crippen molar-refractivity contribution in [2.75, 3.05) is 37.8 Å². The highest BCUT2D eigenvalue weighted by Crippen LogP contribution is 2.47. The number of pyridine rings is 1. The predicted molar refractivity (Wildman–Crippen MR) is 86.6 cm³/mol. The van der Waals surface area contributed by atoms with Gasteiger partial charge in [0.2, 0.25) is 0 Å². The number of ether oxygens (including phenoxy) is 2. The van der Waals surface area contributed by atoms with Crippen molar-refractivity contribution in [2.45, 2.75) is 24.9 Å². The minimum atomic E-state index is -0.170. The van der Waals surface area contributed by atoms with Crippen LogP contribution in [0.25, 0.3) is 0 Å². The number of aromatic nitrogens is 1. The summed E-state index contributed by atoms with van der Waals surface area (Å²) in [5, 5.41) is 0. The molecule has 0 unspecified atom stereocenters. The van der Waals surface area contributed by atoms with E-state index in [1.165, 1.54) is 12.0 Å². The highest BCUT2D eigenvalue weighted by Gasteiger charge is 2.41. The summed E-state index contributed by atoms with van der Waals surface area (Å²) >= 11 is 3.65. The van der Waals surface area contributed by atoms with Crippen LogP contribution in [0.15, 0.2) is 29.4 Å². The fraction of sp³-hybridized carbons (Fsp3) is 0.562. The summed E-state index contributed by atoms with van der Waals surface area (Å²) in [4.78, 5) is 6.84. The Balaban J connectivity index is 1.88. The van der Waals surface area contributed by atoms with Crippen LogP contribution in [0.5, 0.6) is 0 Å². The van der Waals surface area contributed by atoms with Gasteiger partial charge in [-0.25, -0.2) is 4.98 Å². The molecular formula is C16H21BrN2O2. The normalized spacial score (nSPS) is 20.9. The van der Waals surface area contributed by atoms with Crippen LogP contribution < -0.4 is 4.90 Å². The molecule has 0 amide bonds. The Morgan fingerprint density at radius 1 is 1.43 bits per heavy atom. The summed E-state index contributed by atoms with van der Waals surface area (Å²) in [6.07, 6.45) is 7.05. The number of hydrogen-bond acceptors (Lipinski definition) is 4. The first-order valence-corrected chi connectivity index (χ1v) is 8.28. The van der Waals surface area contributed by atoms with E-state index in [4.69, 9.17) is 9.47 Å². The minimum Gasteiger partial charge on any atom is -0.378 e. The van der Waals surface area contributed by atoms with E-state index in [9.17, 15) is 0 Å². The molecule has 1 aliphatic heterocycles. The maximum Gasteiger partial charge on any atom is 0.129 e. The third-order valence-electron chi connectivity index (χ3n) is 4.31. The van der Waals surface area contributed by atoms with Gasteiger partial charge in [0, 0.05) is 29.3 Å². The van der Waals surface area contributed by atoms with Gasteiger partial charge in [-0.3, -0.25) is 0 Å². The van der Waals surface area contributed by atoms with Gasteiger partial charge in [-0.05, 0) is 41.3 Å². The molecule has 0 bridgehead atoms. The summed E-state index contributed by atoms with van der Waals surface area (Å²) in [5.41, 5.74) is 1.05. The van der Waals surface area contributed by atoms with Crippen LogP contribution in [0.1, 0.15) is 24.8 Å². The number of rotatable bonds is 5. The molecule has 0 N–H and O–H groups in total. The van der Waals surface area contributed by atoms with E-state index in [1.807, 2.05) is 12.3 Å². The maximum absolute atomic E-state index is 6.10. The van der Waals surface area contributed by atoms with Crippen LogP contribution in [-0.4, -0.2) is 37.9 Å². The van der Waals surface area contributed by atoms with Crippen molar-refractivity contribution in [3.05, 3.63) is 35.0 Å². The number of morpholine rings is 1. The highest BCUT2D eigenvalue weighted by atomic mass is 79.9. The lowest BCUT2D eigenvalue weighted by atomic mass is 9.75. The van der Waals surface area contributed by atoms with Crippen LogP contribution >= 0.6 is 15.9 Å². The molecule has 5 heteroatoms. The largest absolute Gasteiger partial charge is 0.378 e. The van der Waals surface area contributed by atoms with Gasteiger partial charge < -0.3 is 14.4 Å². The summed E-state index contributed by atoms with van der Waals surface area (Å²) < 4.78 is 12.5. The first kappa shape index (κ1) is 15.0. The number of nitrogens with zero attached hydrogens (tertiary/aromatic N) is 2. The second kappa shape index (κ2) is 6.46. The molecule has 2 heterocycles. The predicted octanol–water partition coefficient (Wildman–Crippen LogP) is 3.26. The lowest BCUT2D eigenvalue weighted by molar-refractivity contribution is -0.0952. The van der Waals surface area contributed by atoms with Gasteiger partial charge in [0.05, 0.1) is 25.4 Å². The van der Waals surface area contributed by atoms with Crippen molar-refractivity contribution in [1.82, 2.24) is 4.98 Å². The number of anilines is 1. The van der Waals surface area contributed by atoms with Crippen LogP contribution in [0.3, 0.4) is 0 Å². The molecule has 1 saturated heterocycles. The van der Waals surface area contributed by atoms with Crippen molar-refractivity contribution < 1.29 is 9.47 Å². The van der Waals surface area contributed by atoms with Crippen LogP contribution in [0, 0.1) is 0 Å². The zero-order chi connectivity index (χ0) is 14.7. The van der Waals surface area contributed by atoms with Crippen molar-refractivity contribution in [3.8, 4) is 0 Å². The first-order valence-electron chi connectivity index (χ1n) is 7.49. The van der Waals surface area contributed by atoms with E-state index in [0.717, 1.165) is 49.4 Å². The summed E-state index contributed by atoms with van der Waals surface area (Å²) in [6, 6.07) is 2.18.